The predicted molar refractivity (Wildman–Crippen MR) is 105 cm³/mol. The van der Waals surface area contributed by atoms with E-state index in [1.54, 1.807) is 27.0 Å². The molecule has 0 saturated heterocycles. The summed E-state index contributed by atoms with van der Waals surface area (Å²) in [4.78, 5) is 14.2. The zero-order valence-corrected chi connectivity index (χ0v) is 16.9. The molecule has 0 aromatic heterocycles. The van der Waals surface area contributed by atoms with Crippen molar-refractivity contribution >= 4 is 15.9 Å². The number of likely N-dealkylation sites (N-methyl/N-ethyl adjacent to an activating group) is 1. The Morgan fingerprint density at radius 2 is 1.85 bits per heavy atom. The molecule has 0 aliphatic rings. The van der Waals surface area contributed by atoms with Gasteiger partial charge < -0.3 is 9.64 Å². The maximum Gasteiger partial charge on any atom is 0.241 e. The first kappa shape index (κ1) is 20.9. The molecule has 0 saturated carbocycles. The minimum atomic E-state index is -3.82. The predicted octanol–water partition coefficient (Wildman–Crippen LogP) is 2.72. The Balaban J connectivity index is 2.07. The van der Waals surface area contributed by atoms with Gasteiger partial charge in [-0.05, 0) is 50.1 Å². The van der Waals surface area contributed by atoms with Crippen molar-refractivity contribution in [1.82, 2.24) is 9.62 Å². The highest BCUT2D eigenvalue weighted by atomic mass is 32.2. The average molecular weight is 391 g/mol. The summed E-state index contributed by atoms with van der Waals surface area (Å²) in [5.41, 5.74) is 1.70. The van der Waals surface area contributed by atoms with E-state index >= 15 is 0 Å². The van der Waals surface area contributed by atoms with E-state index in [2.05, 4.69) is 4.72 Å². The van der Waals surface area contributed by atoms with E-state index < -0.39 is 16.1 Å². The molecule has 2 aromatic carbocycles. The molecule has 27 heavy (non-hydrogen) atoms. The molecular weight excluding hydrogens is 364 g/mol. The molecule has 0 aliphatic carbocycles. The molecule has 0 unspecified atom stereocenters. The summed E-state index contributed by atoms with van der Waals surface area (Å²) in [5.74, 6) is 0.341. The summed E-state index contributed by atoms with van der Waals surface area (Å²) in [6.45, 7) is 6.11. The maximum atomic E-state index is 12.6. The van der Waals surface area contributed by atoms with Gasteiger partial charge in [0.15, 0.2) is 0 Å². The summed E-state index contributed by atoms with van der Waals surface area (Å²) in [5, 5.41) is 0. The van der Waals surface area contributed by atoms with Crippen LogP contribution in [0.5, 0.6) is 5.75 Å². The summed E-state index contributed by atoms with van der Waals surface area (Å²) >= 11 is 0. The highest BCUT2D eigenvalue weighted by Crippen LogP contribution is 2.22. The molecule has 0 spiro atoms. The van der Waals surface area contributed by atoms with Crippen LogP contribution >= 0.6 is 0 Å². The van der Waals surface area contributed by atoms with Crippen LogP contribution < -0.4 is 9.46 Å². The summed E-state index contributed by atoms with van der Waals surface area (Å²) in [6, 6.07) is 13.3. The number of hydrogen-bond acceptors (Lipinski definition) is 4. The molecule has 146 valence electrons. The van der Waals surface area contributed by atoms with Crippen LogP contribution in [-0.2, 0) is 21.4 Å². The number of sulfonamides is 1. The Hall–Kier alpha value is -2.38. The molecule has 0 heterocycles. The number of rotatable bonds is 8. The van der Waals surface area contributed by atoms with Crippen molar-refractivity contribution < 1.29 is 17.9 Å². The SMILES string of the molecule is CCOc1ccc(S(=O)(=O)N[C@H](C)C(=O)N(C)Cc2ccccc2)cc1C. The summed E-state index contributed by atoms with van der Waals surface area (Å²) in [6.07, 6.45) is 0. The molecule has 2 rings (SSSR count). The lowest BCUT2D eigenvalue weighted by Gasteiger charge is -2.22. The molecule has 0 aliphatic heterocycles. The Morgan fingerprint density at radius 3 is 2.44 bits per heavy atom. The molecular formula is C20H26N2O4S. The maximum absolute atomic E-state index is 12.6. The monoisotopic (exact) mass is 390 g/mol. The van der Waals surface area contributed by atoms with Crippen molar-refractivity contribution in [3.63, 3.8) is 0 Å². The number of aryl methyl sites for hydroxylation is 1. The number of nitrogens with zero attached hydrogens (tertiary/aromatic N) is 1. The zero-order chi connectivity index (χ0) is 20.0. The van der Waals surface area contributed by atoms with Gasteiger partial charge in [0.2, 0.25) is 15.9 Å². The largest absolute Gasteiger partial charge is 0.494 e. The molecule has 1 N–H and O–H groups in total. The van der Waals surface area contributed by atoms with Crippen LogP contribution in [0.2, 0.25) is 0 Å². The van der Waals surface area contributed by atoms with Crippen LogP contribution in [0.25, 0.3) is 0 Å². The first-order valence-corrected chi connectivity index (χ1v) is 10.3. The minimum Gasteiger partial charge on any atom is -0.494 e. The van der Waals surface area contributed by atoms with Crippen molar-refractivity contribution in [3.8, 4) is 5.75 Å². The first-order valence-electron chi connectivity index (χ1n) is 8.79. The Morgan fingerprint density at radius 1 is 1.19 bits per heavy atom. The number of nitrogens with one attached hydrogen (secondary N) is 1. The van der Waals surface area contributed by atoms with Gasteiger partial charge >= 0.3 is 0 Å². The fourth-order valence-corrected chi connectivity index (χ4v) is 4.00. The Bertz CT molecular complexity index is 882. The van der Waals surface area contributed by atoms with E-state index in [-0.39, 0.29) is 10.8 Å². The van der Waals surface area contributed by atoms with Gasteiger partial charge in [-0.2, -0.15) is 4.72 Å². The lowest BCUT2D eigenvalue weighted by Crippen LogP contribution is -2.45. The van der Waals surface area contributed by atoms with Crippen molar-refractivity contribution in [2.24, 2.45) is 0 Å². The van der Waals surface area contributed by atoms with E-state index in [9.17, 15) is 13.2 Å². The fraction of sp³-hybridized carbons (Fsp3) is 0.350. The van der Waals surface area contributed by atoms with E-state index in [0.29, 0.717) is 18.9 Å². The molecule has 7 heteroatoms. The van der Waals surface area contributed by atoms with Crippen LogP contribution in [0.3, 0.4) is 0 Å². The molecule has 2 aromatic rings. The minimum absolute atomic E-state index is 0.105. The molecule has 0 bridgehead atoms. The van der Waals surface area contributed by atoms with Crippen LogP contribution in [0.1, 0.15) is 25.0 Å². The van der Waals surface area contributed by atoms with E-state index in [1.807, 2.05) is 37.3 Å². The number of benzene rings is 2. The number of hydrogen-bond donors (Lipinski definition) is 1. The number of ether oxygens (including phenoxy) is 1. The molecule has 0 radical (unpaired) electrons. The average Bonchev–Trinajstić information content (AvgIpc) is 2.63. The van der Waals surface area contributed by atoms with Gasteiger partial charge in [-0.15, -0.1) is 0 Å². The Labute approximate surface area is 161 Å². The third-order valence-corrected chi connectivity index (χ3v) is 5.64. The molecule has 1 atom stereocenters. The topological polar surface area (TPSA) is 75.7 Å². The number of carbonyl (C=O) groups excluding carboxylic acids is 1. The third kappa shape index (κ3) is 5.55. The number of amides is 1. The van der Waals surface area contributed by atoms with Gasteiger partial charge in [0.05, 0.1) is 17.5 Å². The standard InChI is InChI=1S/C20H26N2O4S/c1-5-26-19-12-11-18(13-15(19)2)27(24,25)21-16(3)20(23)22(4)14-17-9-7-6-8-10-17/h6-13,16,21H,5,14H2,1-4H3/t16-/m1/s1. The van der Waals surface area contributed by atoms with E-state index in [0.717, 1.165) is 11.1 Å². The van der Waals surface area contributed by atoms with E-state index in [1.165, 1.54) is 17.0 Å². The smallest absolute Gasteiger partial charge is 0.241 e. The van der Waals surface area contributed by atoms with Crippen molar-refractivity contribution in [2.45, 2.75) is 38.3 Å². The van der Waals surface area contributed by atoms with Crippen LogP contribution in [0, 0.1) is 6.92 Å². The van der Waals surface area contributed by atoms with Crippen molar-refractivity contribution in [3.05, 3.63) is 59.7 Å². The van der Waals surface area contributed by atoms with Crippen LogP contribution in [0.15, 0.2) is 53.4 Å². The second kappa shape index (κ2) is 9.01. The van der Waals surface area contributed by atoms with Gasteiger partial charge in [0, 0.05) is 13.6 Å². The van der Waals surface area contributed by atoms with Gasteiger partial charge in [0.25, 0.3) is 0 Å². The normalized spacial score (nSPS) is 12.4. The Kier molecular flexibility index (Phi) is 6.98. The molecule has 1 amide bonds. The lowest BCUT2D eigenvalue weighted by atomic mass is 10.2. The first-order chi connectivity index (χ1) is 12.7. The van der Waals surface area contributed by atoms with Crippen LogP contribution in [0.4, 0.5) is 0 Å². The quantitative estimate of drug-likeness (QED) is 0.752. The highest BCUT2D eigenvalue weighted by Gasteiger charge is 2.24. The van der Waals surface area contributed by atoms with Gasteiger partial charge in [0.1, 0.15) is 5.75 Å². The van der Waals surface area contributed by atoms with Gasteiger partial charge in [-0.25, -0.2) is 8.42 Å². The zero-order valence-electron chi connectivity index (χ0n) is 16.1. The van der Waals surface area contributed by atoms with E-state index in [4.69, 9.17) is 4.74 Å². The number of carbonyl (C=O) groups is 1. The fourth-order valence-electron chi connectivity index (χ4n) is 2.72. The van der Waals surface area contributed by atoms with Crippen molar-refractivity contribution in [1.29, 1.82) is 0 Å². The second-order valence-electron chi connectivity index (χ2n) is 6.38. The van der Waals surface area contributed by atoms with Gasteiger partial charge in [-0.1, -0.05) is 30.3 Å². The molecule has 0 fully saturated rings. The van der Waals surface area contributed by atoms with Crippen LogP contribution in [-0.4, -0.2) is 38.9 Å². The summed E-state index contributed by atoms with van der Waals surface area (Å²) in [7, 11) is -2.16. The molecule has 6 nitrogen and oxygen atoms in total. The second-order valence-corrected chi connectivity index (χ2v) is 8.10. The third-order valence-electron chi connectivity index (χ3n) is 4.10. The lowest BCUT2D eigenvalue weighted by molar-refractivity contribution is -0.131. The van der Waals surface area contributed by atoms with Crippen molar-refractivity contribution in [2.75, 3.05) is 13.7 Å². The summed E-state index contributed by atoms with van der Waals surface area (Å²) < 4.78 is 33.1. The highest BCUT2D eigenvalue weighted by molar-refractivity contribution is 7.89. The van der Waals surface area contributed by atoms with Gasteiger partial charge in [-0.3, -0.25) is 4.79 Å².